The molecule has 19 heavy (non-hydrogen) atoms. The summed E-state index contributed by atoms with van der Waals surface area (Å²) >= 11 is 0. The van der Waals surface area contributed by atoms with E-state index in [0.717, 1.165) is 18.4 Å². The van der Waals surface area contributed by atoms with Gasteiger partial charge >= 0.3 is 6.09 Å². The van der Waals surface area contributed by atoms with Crippen molar-refractivity contribution in [1.82, 2.24) is 4.90 Å². The predicted molar refractivity (Wildman–Crippen MR) is 72.7 cm³/mol. The summed E-state index contributed by atoms with van der Waals surface area (Å²) in [5, 5.41) is 9.30. The lowest BCUT2D eigenvalue weighted by molar-refractivity contribution is 0.0971. The van der Waals surface area contributed by atoms with Crippen molar-refractivity contribution in [3.05, 3.63) is 47.7 Å². The van der Waals surface area contributed by atoms with Gasteiger partial charge in [-0.05, 0) is 31.4 Å². The molecule has 1 fully saturated rings. The number of amides is 1. The van der Waals surface area contributed by atoms with E-state index in [4.69, 9.17) is 4.74 Å². The van der Waals surface area contributed by atoms with Crippen LogP contribution in [0.2, 0.25) is 0 Å². The summed E-state index contributed by atoms with van der Waals surface area (Å²) in [5.74, 6) is 0.243. The number of carbonyl (C=O) groups is 1. The van der Waals surface area contributed by atoms with Crippen LogP contribution in [-0.2, 0) is 11.3 Å². The van der Waals surface area contributed by atoms with Gasteiger partial charge in [0.1, 0.15) is 6.61 Å². The van der Waals surface area contributed by atoms with Crippen molar-refractivity contribution in [3.8, 4) is 0 Å². The predicted octanol–water partition coefficient (Wildman–Crippen LogP) is 3.25. The van der Waals surface area contributed by atoms with Crippen LogP contribution >= 0.6 is 0 Å². The van der Waals surface area contributed by atoms with E-state index in [9.17, 15) is 9.90 Å². The Kier molecular flexibility index (Phi) is 4.44. The molecule has 0 aromatic heterocycles. The molecule has 102 valence electrons. The highest BCUT2D eigenvalue weighted by Gasteiger charge is 2.28. The molecule has 1 N–H and O–H groups in total. The van der Waals surface area contributed by atoms with Crippen molar-refractivity contribution in [3.63, 3.8) is 0 Å². The van der Waals surface area contributed by atoms with Crippen LogP contribution in [0.15, 0.2) is 42.2 Å². The van der Waals surface area contributed by atoms with Crippen LogP contribution < -0.4 is 0 Å². The molecule has 0 bridgehead atoms. The molecule has 0 spiro atoms. The lowest BCUT2D eigenvalue weighted by Gasteiger charge is -2.21. The average molecular weight is 261 g/mol. The molecular formula is C15H19NO3. The number of carbonyl (C=O) groups excluding carboxylic acids is 1. The van der Waals surface area contributed by atoms with Gasteiger partial charge in [-0.1, -0.05) is 30.3 Å². The molecule has 0 saturated carbocycles. The smallest absolute Gasteiger partial charge is 0.410 e. The number of nitrogens with zero attached hydrogens (tertiary/aromatic N) is 1. The Morgan fingerprint density at radius 3 is 2.89 bits per heavy atom. The van der Waals surface area contributed by atoms with Crippen LogP contribution in [0.3, 0.4) is 0 Å². The molecule has 0 radical (unpaired) electrons. The third kappa shape index (κ3) is 3.74. The lowest BCUT2D eigenvalue weighted by Crippen LogP contribution is -2.34. The van der Waals surface area contributed by atoms with Gasteiger partial charge in [-0.15, -0.1) is 0 Å². The largest absolute Gasteiger partial charge is 0.513 e. The van der Waals surface area contributed by atoms with Gasteiger partial charge in [0.05, 0.1) is 11.8 Å². The number of hydrogen-bond donors (Lipinski definition) is 1. The monoisotopic (exact) mass is 261 g/mol. The SMILES string of the molecule is CC(O)=CC1CCCN1C(=O)OCc1ccccc1. The molecule has 2 rings (SSSR count). The normalized spacial score (nSPS) is 19.5. The number of benzene rings is 1. The zero-order chi connectivity index (χ0) is 13.7. The number of rotatable bonds is 3. The highest BCUT2D eigenvalue weighted by atomic mass is 16.6. The van der Waals surface area contributed by atoms with Gasteiger partial charge in [-0.2, -0.15) is 0 Å². The van der Waals surface area contributed by atoms with Gasteiger partial charge in [0.25, 0.3) is 0 Å². The van der Waals surface area contributed by atoms with Crippen LogP contribution in [0.5, 0.6) is 0 Å². The van der Waals surface area contributed by atoms with Crippen molar-refractivity contribution < 1.29 is 14.6 Å². The van der Waals surface area contributed by atoms with E-state index in [1.165, 1.54) is 0 Å². The maximum atomic E-state index is 12.0. The number of ether oxygens (including phenoxy) is 1. The third-order valence-electron chi connectivity index (χ3n) is 3.17. The molecule has 1 aliphatic heterocycles. The summed E-state index contributed by atoms with van der Waals surface area (Å²) in [7, 11) is 0. The van der Waals surface area contributed by atoms with Crippen molar-refractivity contribution >= 4 is 6.09 Å². The minimum atomic E-state index is -0.316. The average Bonchev–Trinajstić information content (AvgIpc) is 2.84. The first kappa shape index (κ1) is 13.5. The molecule has 1 atom stereocenters. The zero-order valence-electron chi connectivity index (χ0n) is 11.1. The Labute approximate surface area is 113 Å². The standard InChI is InChI=1S/C15H19NO3/c1-12(17)10-14-8-5-9-16(14)15(18)19-11-13-6-3-2-4-7-13/h2-4,6-7,10,14,17H,5,8-9,11H2,1H3. The molecule has 1 saturated heterocycles. The quantitative estimate of drug-likeness (QED) is 0.850. The maximum Gasteiger partial charge on any atom is 0.410 e. The minimum absolute atomic E-state index is 0.0479. The minimum Gasteiger partial charge on any atom is -0.513 e. The molecule has 1 heterocycles. The van der Waals surface area contributed by atoms with Crippen molar-refractivity contribution in [1.29, 1.82) is 0 Å². The molecule has 1 aromatic carbocycles. The Bertz CT molecular complexity index is 452. The van der Waals surface area contributed by atoms with Gasteiger partial charge in [-0.3, -0.25) is 0 Å². The van der Waals surface area contributed by atoms with Crippen molar-refractivity contribution in [2.45, 2.75) is 32.4 Å². The number of aliphatic hydroxyl groups is 1. The summed E-state index contributed by atoms with van der Waals surface area (Å²) in [6, 6.07) is 9.56. The number of allylic oxidation sites excluding steroid dienone is 1. The highest BCUT2D eigenvalue weighted by Crippen LogP contribution is 2.20. The summed E-state index contributed by atoms with van der Waals surface area (Å²) in [6.07, 6.45) is 3.20. The number of likely N-dealkylation sites (tertiary alicyclic amines) is 1. The zero-order valence-corrected chi connectivity index (χ0v) is 11.1. The van der Waals surface area contributed by atoms with E-state index in [1.54, 1.807) is 17.9 Å². The number of hydrogen-bond acceptors (Lipinski definition) is 3. The summed E-state index contributed by atoms with van der Waals surface area (Å²) in [4.78, 5) is 13.7. The van der Waals surface area contributed by atoms with Gasteiger partial charge in [-0.25, -0.2) is 4.79 Å². The maximum absolute atomic E-state index is 12.0. The number of aliphatic hydroxyl groups excluding tert-OH is 1. The molecule has 4 heteroatoms. The fourth-order valence-electron chi connectivity index (χ4n) is 2.27. The van der Waals surface area contributed by atoms with E-state index < -0.39 is 0 Å². The molecular weight excluding hydrogens is 242 g/mol. The fraction of sp³-hybridized carbons (Fsp3) is 0.400. The molecule has 4 nitrogen and oxygen atoms in total. The van der Waals surface area contributed by atoms with Gasteiger partial charge in [0, 0.05) is 6.54 Å². The Balaban J connectivity index is 1.91. The van der Waals surface area contributed by atoms with Crippen molar-refractivity contribution in [2.24, 2.45) is 0 Å². The molecule has 0 aliphatic carbocycles. The van der Waals surface area contributed by atoms with Crippen LogP contribution in [0.25, 0.3) is 0 Å². The first-order valence-corrected chi connectivity index (χ1v) is 6.51. The van der Waals surface area contributed by atoms with Gasteiger partial charge < -0.3 is 14.7 Å². The second-order valence-corrected chi connectivity index (χ2v) is 4.75. The van der Waals surface area contributed by atoms with Crippen LogP contribution in [-0.4, -0.2) is 28.7 Å². The third-order valence-corrected chi connectivity index (χ3v) is 3.17. The molecule has 1 aromatic rings. The molecule has 1 aliphatic rings. The van der Waals surface area contributed by atoms with Crippen LogP contribution in [0.1, 0.15) is 25.3 Å². The summed E-state index contributed by atoms with van der Waals surface area (Å²) in [6.45, 7) is 2.58. The van der Waals surface area contributed by atoms with E-state index in [2.05, 4.69) is 0 Å². The highest BCUT2D eigenvalue weighted by molar-refractivity contribution is 5.68. The van der Waals surface area contributed by atoms with Crippen molar-refractivity contribution in [2.75, 3.05) is 6.54 Å². The van der Waals surface area contributed by atoms with Gasteiger partial charge in [0.15, 0.2) is 0 Å². The van der Waals surface area contributed by atoms with Crippen LogP contribution in [0, 0.1) is 0 Å². The van der Waals surface area contributed by atoms with E-state index >= 15 is 0 Å². The fourth-order valence-corrected chi connectivity index (χ4v) is 2.27. The van der Waals surface area contributed by atoms with E-state index in [1.807, 2.05) is 30.3 Å². The second kappa shape index (κ2) is 6.27. The Hall–Kier alpha value is -1.97. The Morgan fingerprint density at radius 1 is 1.47 bits per heavy atom. The van der Waals surface area contributed by atoms with E-state index in [-0.39, 0.29) is 24.5 Å². The second-order valence-electron chi connectivity index (χ2n) is 4.75. The summed E-state index contributed by atoms with van der Waals surface area (Å²) in [5.41, 5.74) is 0.973. The Morgan fingerprint density at radius 2 is 2.21 bits per heavy atom. The summed E-state index contributed by atoms with van der Waals surface area (Å²) < 4.78 is 5.30. The topological polar surface area (TPSA) is 49.8 Å². The lowest BCUT2D eigenvalue weighted by atomic mass is 10.2. The first-order chi connectivity index (χ1) is 9.16. The first-order valence-electron chi connectivity index (χ1n) is 6.51. The van der Waals surface area contributed by atoms with Crippen LogP contribution in [0.4, 0.5) is 4.79 Å². The van der Waals surface area contributed by atoms with Gasteiger partial charge in [0.2, 0.25) is 0 Å². The van der Waals surface area contributed by atoms with E-state index in [0.29, 0.717) is 6.54 Å². The molecule has 1 amide bonds. The molecule has 1 unspecified atom stereocenters.